The lowest BCUT2D eigenvalue weighted by molar-refractivity contribution is -0.135. The molecule has 0 atom stereocenters. The zero-order valence-electron chi connectivity index (χ0n) is 10.8. The van der Waals surface area contributed by atoms with Gasteiger partial charge in [-0.2, -0.15) is 0 Å². The minimum absolute atomic E-state index is 0.00482. The molecule has 3 amide bonds. The number of aliphatic carboxylic acids is 1. The number of anilines is 1. The third-order valence-corrected chi connectivity index (χ3v) is 2.38. The van der Waals surface area contributed by atoms with Gasteiger partial charge in [0.1, 0.15) is 12.3 Å². The average molecular weight is 281 g/mol. The summed E-state index contributed by atoms with van der Waals surface area (Å²) in [7, 11) is 1.42. The minimum Gasteiger partial charge on any atom is -0.508 e. The Kier molecular flexibility index (Phi) is 5.33. The number of benzene rings is 1. The summed E-state index contributed by atoms with van der Waals surface area (Å²) in [6.07, 6.45) is 0. The van der Waals surface area contributed by atoms with E-state index < -0.39 is 24.5 Å². The van der Waals surface area contributed by atoms with Crippen molar-refractivity contribution in [3.8, 4) is 5.75 Å². The number of carboxylic acids is 1. The summed E-state index contributed by atoms with van der Waals surface area (Å²) < 4.78 is 0. The van der Waals surface area contributed by atoms with E-state index in [1.54, 1.807) is 0 Å². The van der Waals surface area contributed by atoms with Crippen LogP contribution in [0.2, 0.25) is 0 Å². The number of likely N-dealkylation sites (N-methyl/N-ethyl adjacent to an activating group) is 1. The number of rotatable bonds is 5. The van der Waals surface area contributed by atoms with Crippen LogP contribution in [0.15, 0.2) is 24.3 Å². The molecule has 0 unspecified atom stereocenters. The zero-order valence-corrected chi connectivity index (χ0v) is 10.8. The maximum Gasteiger partial charge on any atom is 0.323 e. The van der Waals surface area contributed by atoms with E-state index in [1.807, 2.05) is 0 Å². The van der Waals surface area contributed by atoms with Gasteiger partial charge in [0.05, 0.1) is 6.54 Å². The van der Waals surface area contributed by atoms with Crippen molar-refractivity contribution in [1.29, 1.82) is 0 Å². The topological polar surface area (TPSA) is 119 Å². The van der Waals surface area contributed by atoms with Gasteiger partial charge in [-0.25, -0.2) is 4.79 Å². The molecule has 0 aliphatic carbocycles. The number of nitrogens with zero attached hydrogens (tertiary/aromatic N) is 1. The van der Waals surface area contributed by atoms with Crippen molar-refractivity contribution in [2.75, 3.05) is 25.0 Å². The summed E-state index contributed by atoms with van der Waals surface area (Å²) >= 11 is 0. The lowest BCUT2D eigenvalue weighted by Crippen LogP contribution is -2.46. The van der Waals surface area contributed by atoms with Gasteiger partial charge in [-0.05, 0) is 24.3 Å². The number of carbonyl (C=O) groups excluding carboxylic acids is 2. The third kappa shape index (κ3) is 4.48. The standard InChI is InChI=1S/C12H15N3O5/c1-13-10(17)6-14-12(20)15(7-11(18)19)8-2-4-9(16)5-3-8/h2-5,16H,6-7H2,1H3,(H,13,17)(H,14,20)(H,18,19). The largest absolute Gasteiger partial charge is 0.508 e. The number of hydrogen-bond acceptors (Lipinski definition) is 4. The lowest BCUT2D eigenvalue weighted by atomic mass is 10.3. The first-order valence-corrected chi connectivity index (χ1v) is 5.71. The first-order chi connectivity index (χ1) is 9.43. The Bertz CT molecular complexity index is 500. The molecule has 0 aliphatic heterocycles. The fourth-order valence-corrected chi connectivity index (χ4v) is 1.39. The van der Waals surface area contributed by atoms with Crippen LogP contribution in [0.3, 0.4) is 0 Å². The van der Waals surface area contributed by atoms with E-state index in [9.17, 15) is 19.5 Å². The summed E-state index contributed by atoms with van der Waals surface area (Å²) in [6, 6.07) is 4.74. The highest BCUT2D eigenvalue weighted by atomic mass is 16.4. The average Bonchev–Trinajstić information content (AvgIpc) is 2.42. The minimum atomic E-state index is -1.20. The SMILES string of the molecule is CNC(=O)CNC(=O)N(CC(=O)O)c1ccc(O)cc1. The second-order valence-corrected chi connectivity index (χ2v) is 3.83. The van der Waals surface area contributed by atoms with Gasteiger partial charge in [0.25, 0.3) is 0 Å². The van der Waals surface area contributed by atoms with Crippen molar-refractivity contribution >= 4 is 23.6 Å². The molecule has 0 aromatic heterocycles. The van der Waals surface area contributed by atoms with Gasteiger partial charge >= 0.3 is 12.0 Å². The maximum absolute atomic E-state index is 11.9. The highest BCUT2D eigenvalue weighted by Gasteiger charge is 2.19. The fraction of sp³-hybridized carbons (Fsp3) is 0.250. The molecule has 1 aromatic rings. The normalized spacial score (nSPS) is 9.65. The molecule has 20 heavy (non-hydrogen) atoms. The van der Waals surface area contributed by atoms with Crippen molar-refractivity contribution in [1.82, 2.24) is 10.6 Å². The van der Waals surface area contributed by atoms with E-state index in [0.29, 0.717) is 5.69 Å². The summed E-state index contributed by atoms with van der Waals surface area (Å²) in [5, 5.41) is 22.6. The van der Waals surface area contributed by atoms with Gasteiger partial charge < -0.3 is 20.8 Å². The molecular formula is C12H15N3O5. The highest BCUT2D eigenvalue weighted by Crippen LogP contribution is 2.18. The van der Waals surface area contributed by atoms with E-state index in [4.69, 9.17) is 5.11 Å². The van der Waals surface area contributed by atoms with Gasteiger partial charge in [0.15, 0.2) is 0 Å². The summed E-state index contributed by atoms with van der Waals surface area (Å²) in [5.41, 5.74) is 0.291. The monoisotopic (exact) mass is 281 g/mol. The second kappa shape index (κ2) is 6.98. The second-order valence-electron chi connectivity index (χ2n) is 3.83. The Balaban J connectivity index is 2.83. The molecule has 1 aromatic carbocycles. The van der Waals surface area contributed by atoms with Gasteiger partial charge in [-0.15, -0.1) is 0 Å². The number of hydrogen-bond donors (Lipinski definition) is 4. The molecule has 0 bridgehead atoms. The first kappa shape index (κ1) is 15.3. The number of urea groups is 1. The molecule has 1 rings (SSSR count). The number of carbonyl (C=O) groups is 3. The Labute approximate surface area is 115 Å². The van der Waals surface area contributed by atoms with Crippen LogP contribution in [0, 0.1) is 0 Å². The van der Waals surface area contributed by atoms with Crippen LogP contribution < -0.4 is 15.5 Å². The summed E-state index contributed by atoms with van der Waals surface area (Å²) in [6.45, 7) is -0.826. The molecule has 0 radical (unpaired) electrons. The Morgan fingerprint density at radius 1 is 1.20 bits per heavy atom. The summed E-state index contributed by atoms with van der Waals surface area (Å²) in [4.78, 5) is 34.7. The molecule has 0 spiro atoms. The predicted molar refractivity (Wildman–Crippen MR) is 70.6 cm³/mol. The van der Waals surface area contributed by atoms with Crippen LogP contribution in [0.4, 0.5) is 10.5 Å². The molecule has 4 N–H and O–H groups in total. The smallest absolute Gasteiger partial charge is 0.323 e. The van der Waals surface area contributed by atoms with Gasteiger partial charge in [0, 0.05) is 12.7 Å². The molecule has 8 heteroatoms. The predicted octanol–water partition coefficient (Wildman–Crippen LogP) is -0.261. The number of amides is 3. The van der Waals surface area contributed by atoms with Crippen molar-refractivity contribution in [3.05, 3.63) is 24.3 Å². The van der Waals surface area contributed by atoms with Crippen LogP contribution in [0.5, 0.6) is 5.75 Å². The number of carboxylic acid groups (broad SMARTS) is 1. The zero-order chi connectivity index (χ0) is 15.1. The highest BCUT2D eigenvalue weighted by molar-refractivity contribution is 5.97. The molecule has 108 valence electrons. The van der Waals surface area contributed by atoms with Crippen LogP contribution in [-0.2, 0) is 9.59 Å². The molecule has 0 heterocycles. The number of aromatic hydroxyl groups is 1. The van der Waals surface area contributed by atoms with Gasteiger partial charge in [-0.1, -0.05) is 0 Å². The number of phenolic OH excluding ortho intramolecular Hbond substituents is 1. The van der Waals surface area contributed by atoms with Crippen molar-refractivity contribution in [3.63, 3.8) is 0 Å². The van der Waals surface area contributed by atoms with Crippen LogP contribution in [0.25, 0.3) is 0 Å². The van der Waals surface area contributed by atoms with E-state index in [1.165, 1.54) is 31.3 Å². The quantitative estimate of drug-likeness (QED) is 0.593. The van der Waals surface area contributed by atoms with Crippen LogP contribution in [-0.4, -0.2) is 48.3 Å². The fourth-order valence-electron chi connectivity index (χ4n) is 1.39. The van der Waals surface area contributed by atoms with Crippen LogP contribution >= 0.6 is 0 Å². The first-order valence-electron chi connectivity index (χ1n) is 5.71. The van der Waals surface area contributed by atoms with E-state index in [2.05, 4.69) is 10.6 Å². The number of phenols is 1. The molecule has 8 nitrogen and oxygen atoms in total. The maximum atomic E-state index is 11.9. The summed E-state index contributed by atoms with van der Waals surface area (Å²) in [5.74, 6) is -1.61. The van der Waals surface area contributed by atoms with Crippen molar-refractivity contribution in [2.45, 2.75) is 0 Å². The Hall–Kier alpha value is -2.77. The molecular weight excluding hydrogens is 266 g/mol. The Morgan fingerprint density at radius 3 is 2.30 bits per heavy atom. The van der Waals surface area contributed by atoms with E-state index >= 15 is 0 Å². The van der Waals surface area contributed by atoms with E-state index in [0.717, 1.165) is 4.90 Å². The molecule has 0 saturated heterocycles. The van der Waals surface area contributed by atoms with E-state index in [-0.39, 0.29) is 12.3 Å². The van der Waals surface area contributed by atoms with Crippen molar-refractivity contribution in [2.24, 2.45) is 0 Å². The Morgan fingerprint density at radius 2 is 1.80 bits per heavy atom. The molecule has 0 fully saturated rings. The lowest BCUT2D eigenvalue weighted by Gasteiger charge is -2.21. The number of nitrogens with one attached hydrogen (secondary N) is 2. The molecule has 0 aliphatic rings. The third-order valence-electron chi connectivity index (χ3n) is 2.38. The molecule has 0 saturated carbocycles. The van der Waals surface area contributed by atoms with Crippen LogP contribution in [0.1, 0.15) is 0 Å². The van der Waals surface area contributed by atoms with Crippen molar-refractivity contribution < 1.29 is 24.6 Å². The van der Waals surface area contributed by atoms with Gasteiger partial charge in [0.2, 0.25) is 5.91 Å². The van der Waals surface area contributed by atoms with Gasteiger partial charge in [-0.3, -0.25) is 14.5 Å².